The first-order chi connectivity index (χ1) is 10.2. The second-order valence-corrected chi connectivity index (χ2v) is 4.80. The first-order valence-electron chi connectivity index (χ1n) is 6.70. The average molecular weight is 289 g/mol. The van der Waals surface area contributed by atoms with Crippen molar-refractivity contribution in [2.75, 3.05) is 13.8 Å². The number of carbonyl (C=O) groups excluding carboxylic acids is 2. The van der Waals surface area contributed by atoms with Gasteiger partial charge < -0.3 is 24.0 Å². The predicted molar refractivity (Wildman–Crippen MR) is 74.4 cm³/mol. The Morgan fingerprint density at radius 1 is 1.38 bits per heavy atom. The molecule has 1 aromatic carbocycles. The normalized spacial score (nSPS) is 14.1. The molecule has 1 unspecified atom stereocenters. The van der Waals surface area contributed by atoms with E-state index in [1.807, 2.05) is 6.07 Å². The van der Waals surface area contributed by atoms with E-state index in [1.165, 1.54) is 0 Å². The Kier molecular flexibility index (Phi) is 3.51. The maximum absolute atomic E-state index is 12.1. The molecule has 1 aromatic heterocycles. The van der Waals surface area contributed by atoms with E-state index in [4.69, 9.17) is 13.9 Å². The van der Waals surface area contributed by atoms with Gasteiger partial charge in [-0.3, -0.25) is 4.79 Å². The lowest BCUT2D eigenvalue weighted by Gasteiger charge is -2.12. The van der Waals surface area contributed by atoms with E-state index >= 15 is 0 Å². The molecular formula is C15H15NO5. The highest BCUT2D eigenvalue weighted by atomic mass is 16.7. The lowest BCUT2D eigenvalue weighted by molar-refractivity contribution is -0.122. The van der Waals surface area contributed by atoms with Gasteiger partial charge in [-0.05, 0) is 12.5 Å². The number of amides is 1. The second kappa shape index (κ2) is 5.47. The smallest absolute Gasteiger partial charge is 0.231 e. The molecule has 0 fully saturated rings. The topological polar surface area (TPSA) is 77.8 Å². The van der Waals surface area contributed by atoms with Gasteiger partial charge in [0, 0.05) is 30.5 Å². The molecule has 2 aromatic rings. The van der Waals surface area contributed by atoms with Gasteiger partial charge in [-0.25, -0.2) is 0 Å². The average Bonchev–Trinajstić information content (AvgIpc) is 3.11. The van der Waals surface area contributed by atoms with E-state index in [9.17, 15) is 9.59 Å². The molecule has 110 valence electrons. The fraction of sp³-hybridized carbons (Fsp3) is 0.333. The number of nitrogens with one attached hydrogen (secondary N) is 1. The summed E-state index contributed by atoms with van der Waals surface area (Å²) in [6.45, 7) is 0.182. The Bertz CT molecular complexity index is 691. The number of likely N-dealkylation sites (N-methyl/N-ethyl adjacent to an activating group) is 1. The van der Waals surface area contributed by atoms with Gasteiger partial charge in [0.1, 0.15) is 11.9 Å². The van der Waals surface area contributed by atoms with Crippen LogP contribution in [-0.4, -0.2) is 26.0 Å². The van der Waals surface area contributed by atoms with Crippen molar-refractivity contribution in [3.63, 3.8) is 0 Å². The van der Waals surface area contributed by atoms with Crippen LogP contribution >= 0.6 is 0 Å². The van der Waals surface area contributed by atoms with E-state index < -0.39 is 5.92 Å². The minimum atomic E-state index is -0.429. The largest absolute Gasteiger partial charge is 0.464 e. The van der Waals surface area contributed by atoms with E-state index in [1.54, 1.807) is 19.4 Å². The summed E-state index contributed by atoms with van der Waals surface area (Å²) in [6.07, 6.45) is 3.12. The third-order valence-electron chi connectivity index (χ3n) is 3.61. The number of carbonyl (C=O) groups is 2. The summed E-state index contributed by atoms with van der Waals surface area (Å²) in [5, 5.41) is 3.43. The zero-order valence-electron chi connectivity index (χ0n) is 11.5. The molecule has 0 saturated carbocycles. The van der Waals surface area contributed by atoms with E-state index in [0.29, 0.717) is 29.9 Å². The summed E-state index contributed by atoms with van der Waals surface area (Å²) >= 11 is 0. The van der Waals surface area contributed by atoms with E-state index in [0.717, 1.165) is 17.2 Å². The van der Waals surface area contributed by atoms with Crippen molar-refractivity contribution in [1.29, 1.82) is 0 Å². The molecule has 2 heterocycles. The van der Waals surface area contributed by atoms with E-state index in [-0.39, 0.29) is 12.7 Å². The fourth-order valence-electron chi connectivity index (χ4n) is 2.54. The summed E-state index contributed by atoms with van der Waals surface area (Å²) in [5.74, 6) is 0.697. The van der Waals surface area contributed by atoms with Crippen LogP contribution in [0.5, 0.6) is 11.5 Å². The van der Waals surface area contributed by atoms with Crippen LogP contribution in [0.25, 0.3) is 11.0 Å². The zero-order chi connectivity index (χ0) is 14.8. The van der Waals surface area contributed by atoms with Crippen molar-refractivity contribution in [1.82, 2.24) is 5.32 Å². The maximum atomic E-state index is 12.1. The van der Waals surface area contributed by atoms with Gasteiger partial charge in [-0.15, -0.1) is 0 Å². The summed E-state index contributed by atoms with van der Waals surface area (Å²) in [4.78, 5) is 22.7. The molecule has 0 saturated heterocycles. The standard InChI is InChI=1S/C15H15NO5/c1-16-15(18)9(3-2-4-17)11-7-19-12-6-14-13(5-10(11)12)20-8-21-14/h4-7,9H,2-3,8H2,1H3,(H,16,18). The van der Waals surface area contributed by atoms with Crippen molar-refractivity contribution in [2.45, 2.75) is 18.8 Å². The Balaban J connectivity index is 2.04. The quantitative estimate of drug-likeness (QED) is 0.851. The molecular weight excluding hydrogens is 274 g/mol. The van der Waals surface area contributed by atoms with Gasteiger partial charge in [0.2, 0.25) is 12.7 Å². The maximum Gasteiger partial charge on any atom is 0.231 e. The van der Waals surface area contributed by atoms with Crippen molar-refractivity contribution in [2.24, 2.45) is 0 Å². The van der Waals surface area contributed by atoms with Crippen molar-refractivity contribution < 1.29 is 23.5 Å². The molecule has 6 heteroatoms. The number of rotatable bonds is 5. The van der Waals surface area contributed by atoms with Gasteiger partial charge >= 0.3 is 0 Å². The van der Waals surface area contributed by atoms with Gasteiger partial charge in [-0.2, -0.15) is 0 Å². The Labute approximate surface area is 121 Å². The van der Waals surface area contributed by atoms with Gasteiger partial charge in [-0.1, -0.05) is 0 Å². The van der Waals surface area contributed by atoms with Crippen LogP contribution in [0, 0.1) is 0 Å². The zero-order valence-corrected chi connectivity index (χ0v) is 11.5. The minimum absolute atomic E-state index is 0.141. The number of benzene rings is 1. The minimum Gasteiger partial charge on any atom is -0.464 e. The Morgan fingerprint density at radius 2 is 2.14 bits per heavy atom. The summed E-state index contributed by atoms with van der Waals surface area (Å²) in [5.41, 5.74) is 1.39. The van der Waals surface area contributed by atoms with Gasteiger partial charge in [0.15, 0.2) is 11.5 Å². The molecule has 6 nitrogen and oxygen atoms in total. The molecule has 3 rings (SSSR count). The Hall–Kier alpha value is -2.50. The summed E-state index contributed by atoms with van der Waals surface area (Å²) in [6, 6.07) is 3.56. The summed E-state index contributed by atoms with van der Waals surface area (Å²) in [7, 11) is 1.58. The highest BCUT2D eigenvalue weighted by Gasteiger charge is 2.25. The third kappa shape index (κ3) is 2.33. The van der Waals surface area contributed by atoms with Crippen LogP contribution in [0.2, 0.25) is 0 Å². The van der Waals surface area contributed by atoms with Crippen LogP contribution in [0.3, 0.4) is 0 Å². The molecule has 1 aliphatic rings. The van der Waals surface area contributed by atoms with Crippen LogP contribution in [-0.2, 0) is 9.59 Å². The van der Waals surface area contributed by atoms with Crippen molar-refractivity contribution in [3.05, 3.63) is 24.0 Å². The number of fused-ring (bicyclic) bond motifs is 2. The number of hydrogen-bond acceptors (Lipinski definition) is 5. The lowest BCUT2D eigenvalue weighted by Crippen LogP contribution is -2.25. The van der Waals surface area contributed by atoms with E-state index in [2.05, 4.69) is 5.32 Å². The van der Waals surface area contributed by atoms with Crippen LogP contribution in [0.1, 0.15) is 24.3 Å². The molecule has 1 amide bonds. The third-order valence-corrected chi connectivity index (χ3v) is 3.61. The lowest BCUT2D eigenvalue weighted by atomic mass is 9.93. The molecule has 1 atom stereocenters. The first-order valence-corrected chi connectivity index (χ1v) is 6.70. The highest BCUT2D eigenvalue weighted by Crippen LogP contribution is 2.40. The van der Waals surface area contributed by atoms with Gasteiger partial charge in [0.05, 0.1) is 12.2 Å². The number of ether oxygens (including phenoxy) is 2. The van der Waals surface area contributed by atoms with Crippen LogP contribution in [0.15, 0.2) is 22.8 Å². The number of furan rings is 1. The van der Waals surface area contributed by atoms with Crippen molar-refractivity contribution >= 4 is 23.2 Å². The van der Waals surface area contributed by atoms with Crippen LogP contribution < -0.4 is 14.8 Å². The molecule has 21 heavy (non-hydrogen) atoms. The second-order valence-electron chi connectivity index (χ2n) is 4.80. The predicted octanol–water partition coefficient (Wildman–Crippen LogP) is 1.97. The van der Waals surface area contributed by atoms with Crippen LogP contribution in [0.4, 0.5) is 0 Å². The molecule has 1 N–H and O–H groups in total. The highest BCUT2D eigenvalue weighted by molar-refractivity contribution is 5.92. The first kappa shape index (κ1) is 13.5. The molecule has 0 radical (unpaired) electrons. The fourth-order valence-corrected chi connectivity index (χ4v) is 2.54. The number of aldehydes is 1. The monoisotopic (exact) mass is 289 g/mol. The summed E-state index contributed by atoms with van der Waals surface area (Å²) < 4.78 is 16.2. The van der Waals surface area contributed by atoms with Crippen molar-refractivity contribution in [3.8, 4) is 11.5 Å². The molecule has 0 spiro atoms. The molecule has 1 aliphatic heterocycles. The van der Waals surface area contributed by atoms with Gasteiger partial charge in [0.25, 0.3) is 0 Å². The number of hydrogen-bond donors (Lipinski definition) is 1. The molecule has 0 bridgehead atoms. The molecule has 0 aliphatic carbocycles. The SMILES string of the molecule is CNC(=O)C(CCC=O)c1coc2cc3c(cc12)OCO3. The Morgan fingerprint density at radius 3 is 2.86 bits per heavy atom.